The van der Waals surface area contributed by atoms with E-state index in [9.17, 15) is 9.59 Å². The SMILES string of the molecule is CCCN(CC(=O)Nc1cc(Cl)ccc1Cl)C(=O)Cc1csc(-c2cccnc2)n1. The quantitative estimate of drug-likeness (QED) is 0.514. The Morgan fingerprint density at radius 3 is 2.80 bits per heavy atom. The Morgan fingerprint density at radius 2 is 2.07 bits per heavy atom. The van der Waals surface area contributed by atoms with Crippen molar-refractivity contribution in [3.05, 3.63) is 63.8 Å². The fraction of sp³-hybridized carbons (Fsp3) is 0.238. The van der Waals surface area contributed by atoms with Crippen LogP contribution in [0.3, 0.4) is 0 Å². The topological polar surface area (TPSA) is 75.2 Å². The molecule has 0 saturated carbocycles. The van der Waals surface area contributed by atoms with Gasteiger partial charge in [-0.05, 0) is 36.8 Å². The molecule has 0 saturated heterocycles. The van der Waals surface area contributed by atoms with Gasteiger partial charge in [-0.3, -0.25) is 14.6 Å². The van der Waals surface area contributed by atoms with Gasteiger partial charge >= 0.3 is 0 Å². The predicted octanol–water partition coefficient (Wildman–Crippen LogP) is 4.93. The van der Waals surface area contributed by atoms with Gasteiger partial charge in [0.2, 0.25) is 11.8 Å². The number of pyridine rings is 1. The molecular formula is C21H20Cl2N4O2S. The molecule has 0 bridgehead atoms. The van der Waals surface area contributed by atoms with Crippen LogP contribution in [0.25, 0.3) is 10.6 Å². The van der Waals surface area contributed by atoms with E-state index in [1.54, 1.807) is 30.6 Å². The normalized spacial score (nSPS) is 10.6. The smallest absolute Gasteiger partial charge is 0.244 e. The number of nitrogens with one attached hydrogen (secondary N) is 1. The third-order valence-corrected chi connectivity index (χ3v) is 5.68. The highest BCUT2D eigenvalue weighted by atomic mass is 35.5. The molecule has 0 fully saturated rings. The van der Waals surface area contributed by atoms with Gasteiger partial charge in [0.1, 0.15) is 5.01 Å². The average Bonchev–Trinajstić information content (AvgIpc) is 3.19. The minimum atomic E-state index is -0.338. The fourth-order valence-electron chi connectivity index (χ4n) is 2.79. The Morgan fingerprint density at radius 1 is 1.23 bits per heavy atom. The van der Waals surface area contributed by atoms with Gasteiger partial charge in [-0.2, -0.15) is 0 Å². The number of carbonyl (C=O) groups excluding carboxylic acids is 2. The summed E-state index contributed by atoms with van der Waals surface area (Å²) in [6, 6.07) is 8.58. The van der Waals surface area contributed by atoms with Crippen molar-refractivity contribution < 1.29 is 9.59 Å². The van der Waals surface area contributed by atoms with E-state index in [4.69, 9.17) is 23.2 Å². The van der Waals surface area contributed by atoms with Crippen LogP contribution in [0.1, 0.15) is 19.0 Å². The van der Waals surface area contributed by atoms with Gasteiger partial charge in [0.05, 0.1) is 29.4 Å². The summed E-state index contributed by atoms with van der Waals surface area (Å²) in [5.74, 6) is -0.498. The summed E-state index contributed by atoms with van der Waals surface area (Å²) >= 11 is 13.5. The molecule has 9 heteroatoms. The van der Waals surface area contributed by atoms with Gasteiger partial charge in [0.25, 0.3) is 0 Å². The second kappa shape index (κ2) is 10.5. The Balaban J connectivity index is 1.64. The number of amides is 2. The lowest BCUT2D eigenvalue weighted by Crippen LogP contribution is -2.39. The number of anilines is 1. The van der Waals surface area contributed by atoms with Gasteiger partial charge < -0.3 is 10.2 Å². The third-order valence-electron chi connectivity index (χ3n) is 4.18. The number of rotatable bonds is 8. The molecule has 2 heterocycles. The number of nitrogens with zero attached hydrogens (tertiary/aromatic N) is 3. The zero-order chi connectivity index (χ0) is 21.5. The Hall–Kier alpha value is -2.48. The Labute approximate surface area is 188 Å². The number of hydrogen-bond donors (Lipinski definition) is 1. The lowest BCUT2D eigenvalue weighted by Gasteiger charge is -2.21. The van der Waals surface area contributed by atoms with E-state index in [0.717, 1.165) is 17.0 Å². The minimum Gasteiger partial charge on any atom is -0.333 e. The van der Waals surface area contributed by atoms with Crippen LogP contribution in [-0.2, 0) is 16.0 Å². The minimum absolute atomic E-state index is 0.0743. The molecule has 3 rings (SSSR count). The second-order valence-corrected chi connectivity index (χ2v) is 8.25. The van der Waals surface area contributed by atoms with E-state index in [1.165, 1.54) is 16.2 Å². The van der Waals surface area contributed by atoms with E-state index in [2.05, 4.69) is 15.3 Å². The van der Waals surface area contributed by atoms with Crippen molar-refractivity contribution in [2.24, 2.45) is 0 Å². The van der Waals surface area contributed by atoms with E-state index >= 15 is 0 Å². The molecule has 156 valence electrons. The first-order valence-corrected chi connectivity index (χ1v) is 11.0. The number of halogens is 2. The van der Waals surface area contributed by atoms with Crippen molar-refractivity contribution >= 4 is 52.0 Å². The average molecular weight is 463 g/mol. The summed E-state index contributed by atoms with van der Waals surface area (Å²) in [5.41, 5.74) is 1.99. The molecule has 0 radical (unpaired) electrons. The highest BCUT2D eigenvalue weighted by Gasteiger charge is 2.19. The highest BCUT2D eigenvalue weighted by molar-refractivity contribution is 7.13. The maximum Gasteiger partial charge on any atom is 0.244 e. The molecule has 2 amide bonds. The molecule has 0 aliphatic heterocycles. The van der Waals surface area contributed by atoms with Gasteiger partial charge in [0.15, 0.2) is 0 Å². The van der Waals surface area contributed by atoms with Crippen LogP contribution in [0, 0.1) is 0 Å². The van der Waals surface area contributed by atoms with E-state index in [-0.39, 0.29) is 24.8 Å². The van der Waals surface area contributed by atoms with Crippen molar-refractivity contribution in [3.63, 3.8) is 0 Å². The van der Waals surface area contributed by atoms with E-state index in [0.29, 0.717) is 28.0 Å². The summed E-state index contributed by atoms with van der Waals surface area (Å²) in [6.45, 7) is 2.35. The van der Waals surface area contributed by atoms with Gasteiger partial charge in [0, 0.05) is 34.9 Å². The molecule has 1 N–H and O–H groups in total. The first-order chi connectivity index (χ1) is 14.5. The van der Waals surface area contributed by atoms with Crippen LogP contribution < -0.4 is 5.32 Å². The van der Waals surface area contributed by atoms with Crippen LogP contribution in [0.15, 0.2) is 48.1 Å². The van der Waals surface area contributed by atoms with Crippen molar-refractivity contribution in [1.29, 1.82) is 0 Å². The number of thiazole rings is 1. The monoisotopic (exact) mass is 462 g/mol. The molecular weight excluding hydrogens is 443 g/mol. The van der Waals surface area contributed by atoms with Crippen molar-refractivity contribution in [2.75, 3.05) is 18.4 Å². The molecule has 6 nitrogen and oxygen atoms in total. The zero-order valence-electron chi connectivity index (χ0n) is 16.3. The van der Waals surface area contributed by atoms with Crippen molar-refractivity contribution in [3.8, 4) is 10.6 Å². The summed E-state index contributed by atoms with van der Waals surface area (Å²) in [5, 5.41) is 6.22. The van der Waals surface area contributed by atoms with Crippen LogP contribution in [0.4, 0.5) is 5.69 Å². The summed E-state index contributed by atoms with van der Waals surface area (Å²) < 4.78 is 0. The molecule has 1 aromatic carbocycles. The summed E-state index contributed by atoms with van der Waals surface area (Å²) in [6.07, 6.45) is 4.29. The second-order valence-electron chi connectivity index (χ2n) is 6.55. The maximum absolute atomic E-state index is 12.8. The summed E-state index contributed by atoms with van der Waals surface area (Å²) in [7, 11) is 0. The van der Waals surface area contributed by atoms with E-state index < -0.39 is 0 Å². The molecule has 0 aliphatic carbocycles. The first-order valence-electron chi connectivity index (χ1n) is 9.33. The Kier molecular flexibility index (Phi) is 7.79. The van der Waals surface area contributed by atoms with Gasteiger partial charge in [-0.1, -0.05) is 30.1 Å². The number of benzene rings is 1. The van der Waals surface area contributed by atoms with Crippen LogP contribution >= 0.6 is 34.5 Å². The predicted molar refractivity (Wildman–Crippen MR) is 121 cm³/mol. The Bertz CT molecular complexity index is 1030. The molecule has 30 heavy (non-hydrogen) atoms. The fourth-order valence-corrected chi connectivity index (χ4v) is 3.94. The number of carbonyl (C=O) groups is 2. The van der Waals surface area contributed by atoms with Crippen molar-refractivity contribution in [1.82, 2.24) is 14.9 Å². The molecule has 0 aliphatic rings. The lowest BCUT2D eigenvalue weighted by molar-refractivity contribution is -0.134. The van der Waals surface area contributed by atoms with Crippen molar-refractivity contribution in [2.45, 2.75) is 19.8 Å². The molecule has 3 aromatic rings. The summed E-state index contributed by atoms with van der Waals surface area (Å²) in [4.78, 5) is 35.4. The van der Waals surface area contributed by atoms with Gasteiger partial charge in [-0.25, -0.2) is 4.98 Å². The zero-order valence-corrected chi connectivity index (χ0v) is 18.6. The largest absolute Gasteiger partial charge is 0.333 e. The first kappa shape index (κ1) is 22.2. The number of aromatic nitrogens is 2. The molecule has 0 spiro atoms. The lowest BCUT2D eigenvalue weighted by atomic mass is 10.2. The number of hydrogen-bond acceptors (Lipinski definition) is 5. The van der Waals surface area contributed by atoms with Crippen LogP contribution in [-0.4, -0.2) is 39.8 Å². The molecule has 0 atom stereocenters. The standard InChI is InChI=1S/C21H20Cl2N4O2S/c1-2-8-27(12-19(28)26-18-9-15(22)5-6-17(18)23)20(29)10-16-13-30-21(25-16)14-4-3-7-24-11-14/h3-7,9,11,13H,2,8,10,12H2,1H3,(H,26,28). The molecule has 0 unspecified atom stereocenters. The van der Waals surface area contributed by atoms with Crippen LogP contribution in [0.5, 0.6) is 0 Å². The van der Waals surface area contributed by atoms with Crippen LogP contribution in [0.2, 0.25) is 10.0 Å². The third kappa shape index (κ3) is 6.01. The molecule has 2 aromatic heterocycles. The van der Waals surface area contributed by atoms with Gasteiger partial charge in [-0.15, -0.1) is 11.3 Å². The van der Waals surface area contributed by atoms with E-state index in [1.807, 2.05) is 24.4 Å². The highest BCUT2D eigenvalue weighted by Crippen LogP contribution is 2.25. The maximum atomic E-state index is 12.8.